The van der Waals surface area contributed by atoms with Gasteiger partial charge in [-0.15, -0.1) is 0 Å². The minimum atomic E-state index is -0.513. The molecule has 0 amide bonds. The number of benzene rings is 2. The summed E-state index contributed by atoms with van der Waals surface area (Å²) in [6.45, 7) is 1.71. The monoisotopic (exact) mass is 366 g/mol. The van der Waals surface area contributed by atoms with Gasteiger partial charge in [0, 0.05) is 22.6 Å². The van der Waals surface area contributed by atoms with Crippen molar-refractivity contribution >= 4 is 45.8 Å². The van der Waals surface area contributed by atoms with Crippen LogP contribution in [0.5, 0.6) is 0 Å². The van der Waals surface area contributed by atoms with E-state index in [-0.39, 0.29) is 23.5 Å². The maximum atomic E-state index is 11.6. The van der Waals surface area contributed by atoms with Gasteiger partial charge in [-0.1, -0.05) is 11.6 Å². The van der Waals surface area contributed by atoms with Gasteiger partial charge in [0.15, 0.2) is 0 Å². The Morgan fingerprint density at radius 1 is 1.38 bits per heavy atom. The first-order chi connectivity index (χ1) is 12.9. The van der Waals surface area contributed by atoms with Crippen LogP contribution in [0.15, 0.2) is 42.7 Å². The molecule has 0 aliphatic carbocycles. The van der Waals surface area contributed by atoms with Crippen LogP contribution in [0.4, 0.5) is 17.2 Å². The molecule has 0 fully saturated rings. The van der Waals surface area contributed by atoms with E-state index in [9.17, 15) is 10.1 Å². The highest BCUT2D eigenvalue weighted by atomic mass is 35.5. The summed E-state index contributed by atoms with van der Waals surface area (Å²) in [6.07, 6.45) is 2.51. The van der Waals surface area contributed by atoms with Crippen molar-refractivity contribution in [3.8, 4) is 6.07 Å². The summed E-state index contributed by atoms with van der Waals surface area (Å²) in [4.78, 5) is 19.1. The average molecular weight is 367 g/mol. The van der Waals surface area contributed by atoms with E-state index < -0.39 is 4.92 Å². The van der Waals surface area contributed by atoms with E-state index >= 15 is 0 Å². The molecule has 1 aromatic heterocycles. The molecule has 7 nitrogen and oxygen atoms in total. The number of aromatic nitrogens is 2. The van der Waals surface area contributed by atoms with Crippen LogP contribution in [0.3, 0.4) is 0 Å². The minimum Gasteiger partial charge on any atom is -0.334 e. The molecule has 0 saturated carbocycles. The normalized spacial score (nSPS) is 11.3. The largest absolute Gasteiger partial charge is 0.334 e. The van der Waals surface area contributed by atoms with E-state index in [1.165, 1.54) is 18.2 Å². The summed E-state index contributed by atoms with van der Waals surface area (Å²) >= 11 is 5.97. The van der Waals surface area contributed by atoms with Crippen molar-refractivity contribution in [2.45, 2.75) is 6.92 Å². The molecule has 1 heterocycles. The molecule has 0 saturated heterocycles. The highest BCUT2D eigenvalue weighted by molar-refractivity contribution is 6.31. The lowest BCUT2D eigenvalue weighted by Crippen LogP contribution is -2.02. The predicted molar refractivity (Wildman–Crippen MR) is 100 cm³/mol. The molecule has 0 unspecified atom stereocenters. The number of nitro groups is 1. The van der Waals surface area contributed by atoms with E-state index in [2.05, 4.69) is 15.3 Å². The number of allylic oxidation sites excluding steroid dienone is 1. The Balaban J connectivity index is 2.16. The molecule has 1 N–H and O–H groups in total. The van der Waals surface area contributed by atoms with Crippen molar-refractivity contribution in [3.05, 3.63) is 69.0 Å². The van der Waals surface area contributed by atoms with Gasteiger partial charge in [-0.2, -0.15) is 5.26 Å². The second-order valence-corrected chi connectivity index (χ2v) is 5.85. The van der Waals surface area contributed by atoms with Gasteiger partial charge >= 0.3 is 0 Å². The molecule has 8 heteroatoms. The quantitative estimate of drug-likeness (QED) is 0.404. The SMILES string of the molecule is [2H]c1nc(Nc2c(C)cc(C=CC#N)cc2[N+](=O)[O-])c2ccc(Cl)cc2n1. The topological polar surface area (TPSA) is 105 Å². The number of nitrogens with zero attached hydrogens (tertiary/aromatic N) is 4. The zero-order chi connectivity index (χ0) is 19.6. The van der Waals surface area contributed by atoms with Gasteiger partial charge in [0.25, 0.3) is 5.69 Å². The molecular formula is C18H12ClN5O2. The van der Waals surface area contributed by atoms with Crippen LogP contribution < -0.4 is 5.32 Å². The van der Waals surface area contributed by atoms with Gasteiger partial charge in [-0.05, 0) is 48.4 Å². The third-order valence-electron chi connectivity index (χ3n) is 3.67. The number of aryl methyl sites for hydroxylation is 1. The molecule has 0 atom stereocenters. The number of nitro benzene ring substituents is 1. The van der Waals surface area contributed by atoms with Crippen molar-refractivity contribution in [2.24, 2.45) is 0 Å². The first-order valence-electron chi connectivity index (χ1n) is 7.95. The predicted octanol–water partition coefficient (Wildman–Crippen LogP) is 4.78. The number of anilines is 2. The van der Waals surface area contributed by atoms with Gasteiger partial charge < -0.3 is 5.32 Å². The molecule has 0 radical (unpaired) electrons. The van der Waals surface area contributed by atoms with Crippen molar-refractivity contribution in [1.82, 2.24) is 9.97 Å². The first kappa shape index (κ1) is 16.0. The van der Waals surface area contributed by atoms with E-state index in [1.54, 1.807) is 31.2 Å². The van der Waals surface area contributed by atoms with Crippen LogP contribution in [0.2, 0.25) is 5.02 Å². The van der Waals surface area contributed by atoms with Crippen LogP contribution >= 0.6 is 11.6 Å². The van der Waals surface area contributed by atoms with Crippen molar-refractivity contribution in [2.75, 3.05) is 5.32 Å². The fraction of sp³-hybridized carbons (Fsp3) is 0.0556. The number of rotatable bonds is 4. The lowest BCUT2D eigenvalue weighted by Gasteiger charge is -2.12. The second kappa shape index (κ2) is 7.17. The molecule has 128 valence electrons. The number of nitriles is 1. The summed E-state index contributed by atoms with van der Waals surface area (Å²) in [5.41, 5.74) is 1.67. The van der Waals surface area contributed by atoms with E-state index in [1.807, 2.05) is 6.07 Å². The Morgan fingerprint density at radius 2 is 2.19 bits per heavy atom. The maximum absolute atomic E-state index is 11.6. The molecule has 0 aliphatic rings. The molecule has 2 aromatic carbocycles. The Morgan fingerprint density at radius 3 is 2.92 bits per heavy atom. The zero-order valence-electron chi connectivity index (χ0n) is 14.5. The molecule has 0 bridgehead atoms. The Bertz CT molecular complexity index is 1140. The Labute approximate surface area is 155 Å². The van der Waals surface area contributed by atoms with Crippen molar-refractivity contribution < 1.29 is 6.29 Å². The fourth-order valence-corrected chi connectivity index (χ4v) is 2.70. The van der Waals surface area contributed by atoms with E-state index in [4.69, 9.17) is 18.2 Å². The van der Waals surface area contributed by atoms with Crippen molar-refractivity contribution in [1.29, 1.82) is 5.26 Å². The van der Waals surface area contributed by atoms with E-state index in [0.717, 1.165) is 0 Å². The summed E-state index contributed by atoms with van der Waals surface area (Å²) in [6, 6.07) is 9.87. The molecule has 26 heavy (non-hydrogen) atoms. The smallest absolute Gasteiger partial charge is 0.293 e. The third-order valence-corrected chi connectivity index (χ3v) is 3.91. The zero-order valence-corrected chi connectivity index (χ0v) is 14.3. The van der Waals surface area contributed by atoms with Gasteiger partial charge in [-0.3, -0.25) is 10.1 Å². The van der Waals surface area contributed by atoms with Crippen LogP contribution in [-0.2, 0) is 0 Å². The molecule has 3 aromatic rings. The van der Waals surface area contributed by atoms with Crippen LogP contribution in [0.1, 0.15) is 12.5 Å². The number of nitrogens with one attached hydrogen (secondary N) is 1. The Hall–Kier alpha value is -3.50. The van der Waals surface area contributed by atoms with Crippen LogP contribution in [0.25, 0.3) is 17.0 Å². The lowest BCUT2D eigenvalue weighted by molar-refractivity contribution is -0.384. The van der Waals surface area contributed by atoms with Crippen LogP contribution in [0, 0.1) is 28.4 Å². The second-order valence-electron chi connectivity index (χ2n) is 5.41. The average Bonchev–Trinajstić information content (AvgIpc) is 2.60. The van der Waals surface area contributed by atoms with Crippen LogP contribution in [-0.4, -0.2) is 14.9 Å². The van der Waals surface area contributed by atoms with Crippen molar-refractivity contribution in [3.63, 3.8) is 0 Å². The number of fused-ring (bicyclic) bond motifs is 1. The van der Waals surface area contributed by atoms with Gasteiger partial charge in [0.1, 0.15) is 19.2 Å². The summed E-state index contributed by atoms with van der Waals surface area (Å²) in [7, 11) is 0. The number of hydrogen-bond acceptors (Lipinski definition) is 6. The molecule has 0 aliphatic heterocycles. The summed E-state index contributed by atoms with van der Waals surface area (Å²) in [5.74, 6) is 0.271. The molecule has 0 spiro atoms. The van der Waals surface area contributed by atoms with Gasteiger partial charge in [0.05, 0.1) is 16.5 Å². The van der Waals surface area contributed by atoms with E-state index in [0.29, 0.717) is 27.1 Å². The highest BCUT2D eigenvalue weighted by Gasteiger charge is 2.19. The Kier molecular flexibility index (Phi) is 4.41. The number of hydrogen-bond donors (Lipinski definition) is 1. The maximum Gasteiger partial charge on any atom is 0.293 e. The standard InChI is InChI=1S/C18H12ClN5O2/c1-11-7-12(3-2-6-20)8-16(24(25)26)17(11)23-18-14-5-4-13(19)9-15(14)21-10-22-18/h2-5,7-10H,1H3,(H,21,22,23)/i10D. The molecule has 3 rings (SSSR count). The minimum absolute atomic E-state index is 0.167. The third kappa shape index (κ3) is 3.45. The fourth-order valence-electron chi connectivity index (χ4n) is 2.53. The number of halogens is 1. The molecular weight excluding hydrogens is 354 g/mol. The highest BCUT2D eigenvalue weighted by Crippen LogP contribution is 2.34. The lowest BCUT2D eigenvalue weighted by atomic mass is 10.1. The first-order valence-corrected chi connectivity index (χ1v) is 7.83. The summed E-state index contributed by atoms with van der Waals surface area (Å²) in [5, 5.41) is 24.2. The van der Waals surface area contributed by atoms with Gasteiger partial charge in [0.2, 0.25) is 0 Å². The van der Waals surface area contributed by atoms with Gasteiger partial charge in [-0.25, -0.2) is 9.97 Å². The summed E-state index contributed by atoms with van der Waals surface area (Å²) < 4.78 is 7.78.